The molecule has 6 aromatic heterocycles. The first-order chi connectivity index (χ1) is 47.5. The van der Waals surface area contributed by atoms with Gasteiger partial charge in [-0.3, -0.25) is 18.8 Å². The highest BCUT2D eigenvalue weighted by Crippen LogP contribution is 2.42. The van der Waals surface area contributed by atoms with Gasteiger partial charge in [-0.15, -0.1) is 0 Å². The molecular formula is C71H78Cl6F3N15O4. The molecule has 2 saturated carbocycles. The number of hydrogen-bond acceptors (Lipinski definition) is 15. The molecule has 3 unspecified atom stereocenters. The smallest absolute Gasteiger partial charge is 0.236 e. The number of nitrogen functional groups attached to an aromatic ring is 3. The van der Waals surface area contributed by atoms with E-state index in [1.165, 1.54) is 68.6 Å². The molecule has 2 aliphatic heterocycles. The zero-order valence-electron chi connectivity index (χ0n) is 55.4. The Balaban J connectivity index is 0.000000151. The third-order valence-electron chi connectivity index (χ3n) is 18.3. The number of likely N-dealkylation sites (tertiary alicyclic amines) is 2. The standard InChI is InChI=1S/C25H29Cl2FN6O2.C25H28Cl2FN5O.C21H21Cl2FN4O/c1-15(23-19(26)4-5-20(28)24(23)27)36-21-10-16(11-30-25(21)29)17-12-31-34(13-17)18-6-8-33(9-7-18)22(35)14-32(2)3;1-15(23-20(26)4-5-21(28)24(23)27)34-22-10-17(11-30-25(22)29)18-12-31-33(14-18)19-6-8-32(9-7-19)13-16-2-3-16;1-12(19-16(22)6-7-17(24)20(19)23)29-18-8-13(9-26-21(18)25)14-10-27-28(11-14)15-4-2-3-5-15/h4-5,10-13,15,18H,6-9,14H2,1-3H3,(H2,29,30);4-5,10-12,14-16,19H,2-3,6-9,13H2,1H3,(H2,29,30);6-12,15H,2-5H2,1H3,(H2,25,26). The molecule has 99 heavy (non-hydrogen) atoms. The van der Waals surface area contributed by atoms with Crippen molar-refractivity contribution >= 4 is 93.0 Å². The summed E-state index contributed by atoms with van der Waals surface area (Å²) in [6, 6.07) is 14.5. The van der Waals surface area contributed by atoms with E-state index in [0.717, 1.165) is 90.9 Å². The van der Waals surface area contributed by atoms with E-state index >= 15 is 0 Å². The number of carbonyl (C=O) groups excluding carboxylic acids is 1. The number of benzene rings is 3. The molecule has 0 spiro atoms. The van der Waals surface area contributed by atoms with E-state index in [1.807, 2.05) is 64.1 Å². The summed E-state index contributed by atoms with van der Waals surface area (Å²) >= 11 is 37.1. The van der Waals surface area contributed by atoms with Gasteiger partial charge in [-0.2, -0.15) is 15.3 Å². The maximum atomic E-state index is 14.0. The molecule has 4 fully saturated rings. The van der Waals surface area contributed by atoms with Crippen LogP contribution in [0.5, 0.6) is 17.2 Å². The summed E-state index contributed by atoms with van der Waals surface area (Å²) in [5, 5.41) is 14.4. The van der Waals surface area contributed by atoms with Crippen LogP contribution in [0.4, 0.5) is 30.6 Å². The van der Waals surface area contributed by atoms with E-state index in [-0.39, 0.29) is 44.5 Å². The van der Waals surface area contributed by atoms with Gasteiger partial charge >= 0.3 is 0 Å². The van der Waals surface area contributed by atoms with Crippen molar-refractivity contribution in [3.63, 3.8) is 0 Å². The SMILES string of the molecule is CC(Oc1cc(-c2cnn(C3CCCC3)c2)cnc1N)c1c(Cl)ccc(F)c1Cl.CC(Oc1cc(-c2cnn(C3CCN(C(=O)CN(C)C)CC3)c2)cnc1N)c1c(Cl)ccc(F)c1Cl.CC(Oc1cc(-c2cnn(C3CCN(CC4CC4)CC3)c2)cnc1N)c1c(Cl)ccc(F)c1Cl. The number of amides is 1. The molecule has 8 heterocycles. The third kappa shape index (κ3) is 17.8. The van der Waals surface area contributed by atoms with Crippen LogP contribution >= 0.6 is 69.6 Å². The number of carbonyl (C=O) groups is 1. The fourth-order valence-electron chi connectivity index (χ4n) is 12.6. The number of rotatable bonds is 19. The molecule has 6 N–H and O–H groups in total. The van der Waals surface area contributed by atoms with Gasteiger partial charge in [0, 0.05) is 135 Å². The van der Waals surface area contributed by atoms with Gasteiger partial charge in [0.15, 0.2) is 34.7 Å². The number of nitrogens with zero attached hydrogens (tertiary/aromatic N) is 12. The summed E-state index contributed by atoms with van der Waals surface area (Å²) in [6.07, 6.45) is 26.1. The zero-order chi connectivity index (χ0) is 70.3. The van der Waals surface area contributed by atoms with E-state index in [2.05, 4.69) is 46.0 Å². The fraction of sp³-hybridized carbons (Fsp3) is 0.394. The average Bonchev–Trinajstić information content (AvgIpc) is 1.46. The Morgan fingerprint density at radius 3 is 1.16 bits per heavy atom. The predicted molar refractivity (Wildman–Crippen MR) is 384 cm³/mol. The molecule has 524 valence electrons. The Morgan fingerprint density at radius 1 is 0.495 bits per heavy atom. The molecule has 13 rings (SSSR count). The number of piperidine rings is 2. The van der Waals surface area contributed by atoms with Crippen LogP contribution in [0.3, 0.4) is 0 Å². The van der Waals surface area contributed by atoms with Crippen molar-refractivity contribution in [2.75, 3.05) is 70.6 Å². The van der Waals surface area contributed by atoms with Crippen LogP contribution in [0.25, 0.3) is 33.4 Å². The lowest BCUT2D eigenvalue weighted by Gasteiger charge is -2.32. The van der Waals surface area contributed by atoms with Crippen LogP contribution in [-0.4, -0.2) is 118 Å². The second-order valence-corrected chi connectivity index (χ2v) is 28.1. The number of likely N-dealkylation sites (N-methyl/N-ethyl adjacent to an activating group) is 1. The van der Waals surface area contributed by atoms with E-state index in [0.29, 0.717) is 80.7 Å². The number of nitrogens with two attached hydrogens (primary N) is 3. The Morgan fingerprint density at radius 2 is 0.828 bits per heavy atom. The zero-order valence-corrected chi connectivity index (χ0v) is 59.9. The van der Waals surface area contributed by atoms with Crippen LogP contribution in [0.2, 0.25) is 30.1 Å². The van der Waals surface area contributed by atoms with Gasteiger partial charge in [-0.05, 0) is 147 Å². The minimum atomic E-state index is -0.664. The monoisotopic (exact) mass is 1470 g/mol. The van der Waals surface area contributed by atoms with Crippen LogP contribution < -0.4 is 31.4 Å². The summed E-state index contributed by atoms with van der Waals surface area (Å²) in [5.41, 5.74) is 24.4. The van der Waals surface area contributed by atoms with Gasteiger partial charge in [0.25, 0.3) is 0 Å². The summed E-state index contributed by atoms with van der Waals surface area (Å²) in [6.45, 7) is 10.5. The number of hydrogen-bond donors (Lipinski definition) is 3. The van der Waals surface area contributed by atoms with Crippen molar-refractivity contribution in [2.45, 2.75) is 121 Å². The largest absolute Gasteiger partial charge is 0.482 e. The Kier molecular flexibility index (Phi) is 23.8. The van der Waals surface area contributed by atoms with Gasteiger partial charge in [0.1, 0.15) is 35.8 Å². The molecule has 19 nitrogen and oxygen atoms in total. The highest BCUT2D eigenvalue weighted by Gasteiger charge is 2.30. The number of anilines is 3. The molecule has 1 amide bonds. The first-order valence-electron chi connectivity index (χ1n) is 32.9. The summed E-state index contributed by atoms with van der Waals surface area (Å²) in [5.74, 6) is 1.13. The first kappa shape index (κ1) is 72.7. The predicted octanol–water partition coefficient (Wildman–Crippen LogP) is 17.2. The van der Waals surface area contributed by atoms with E-state index in [9.17, 15) is 18.0 Å². The second-order valence-electron chi connectivity index (χ2n) is 25.8. The van der Waals surface area contributed by atoms with E-state index < -0.39 is 35.8 Å². The summed E-state index contributed by atoms with van der Waals surface area (Å²) in [7, 11) is 3.79. The third-order valence-corrected chi connectivity index (χ3v) is 20.4. The van der Waals surface area contributed by atoms with Crippen molar-refractivity contribution in [3.8, 4) is 50.6 Å². The average molecular weight is 1480 g/mol. The normalized spacial score (nSPS) is 16.4. The second kappa shape index (κ2) is 32.4. The maximum absolute atomic E-state index is 14.0. The molecule has 9 aromatic rings. The maximum Gasteiger partial charge on any atom is 0.236 e. The molecule has 28 heteroatoms. The minimum absolute atomic E-state index is 0.0628. The molecular weight excluding hydrogens is 1400 g/mol. The molecule has 4 aliphatic rings. The lowest BCUT2D eigenvalue weighted by molar-refractivity contribution is -0.133. The molecule has 0 radical (unpaired) electrons. The van der Waals surface area contributed by atoms with Crippen molar-refractivity contribution in [1.29, 1.82) is 0 Å². The van der Waals surface area contributed by atoms with Gasteiger partial charge in [-0.1, -0.05) is 82.4 Å². The molecule has 2 aliphatic carbocycles. The van der Waals surface area contributed by atoms with Crippen molar-refractivity contribution in [2.24, 2.45) is 5.92 Å². The summed E-state index contributed by atoms with van der Waals surface area (Å²) in [4.78, 5) is 31.5. The van der Waals surface area contributed by atoms with Crippen LogP contribution in [0.1, 0.15) is 138 Å². The lowest BCUT2D eigenvalue weighted by Crippen LogP contribution is -2.43. The Labute approximate surface area is 603 Å². The number of ether oxygens (including phenoxy) is 3. The van der Waals surface area contributed by atoms with Gasteiger partial charge < -0.3 is 46.1 Å². The van der Waals surface area contributed by atoms with Crippen LogP contribution in [-0.2, 0) is 4.79 Å². The van der Waals surface area contributed by atoms with Gasteiger partial charge in [0.2, 0.25) is 5.91 Å². The van der Waals surface area contributed by atoms with Crippen molar-refractivity contribution in [3.05, 3.63) is 175 Å². The minimum Gasteiger partial charge on any atom is -0.482 e. The first-order valence-corrected chi connectivity index (χ1v) is 35.2. The quantitative estimate of drug-likeness (QED) is 0.0640. The van der Waals surface area contributed by atoms with Gasteiger partial charge in [0.05, 0.1) is 58.3 Å². The number of halogens is 9. The fourth-order valence-corrected chi connectivity index (χ4v) is 14.7. The van der Waals surface area contributed by atoms with Crippen LogP contribution in [0.15, 0.2) is 110 Å². The molecule has 0 bridgehead atoms. The highest BCUT2D eigenvalue weighted by molar-refractivity contribution is 6.37. The van der Waals surface area contributed by atoms with Crippen molar-refractivity contribution in [1.82, 2.24) is 59.0 Å². The lowest BCUT2D eigenvalue weighted by atomic mass is 10.0. The number of aromatic nitrogens is 9. The Hall–Kier alpha value is -7.54. The van der Waals surface area contributed by atoms with E-state index in [1.54, 1.807) is 57.7 Å². The van der Waals surface area contributed by atoms with Crippen LogP contribution in [0, 0.1) is 23.4 Å². The summed E-state index contributed by atoms with van der Waals surface area (Å²) < 4.78 is 65.8. The van der Waals surface area contributed by atoms with Gasteiger partial charge in [-0.25, -0.2) is 28.1 Å². The molecule has 2 saturated heterocycles. The Bertz CT molecular complexity index is 4310. The highest BCUT2D eigenvalue weighted by atomic mass is 35.5. The van der Waals surface area contributed by atoms with E-state index in [4.69, 9.17) is 101 Å². The molecule has 3 atom stereocenters. The number of pyridine rings is 3. The molecule has 3 aromatic carbocycles. The topological polar surface area (TPSA) is 225 Å². The van der Waals surface area contributed by atoms with Crippen molar-refractivity contribution < 1.29 is 32.2 Å².